The van der Waals surface area contributed by atoms with Crippen molar-refractivity contribution in [2.75, 3.05) is 11.6 Å². The van der Waals surface area contributed by atoms with Crippen molar-refractivity contribution in [1.82, 2.24) is 0 Å². The highest BCUT2D eigenvalue weighted by atomic mass is 35.5. The molecule has 0 heterocycles. The molecule has 2 nitrogen and oxygen atoms in total. The van der Waals surface area contributed by atoms with E-state index < -0.39 is 17.6 Å². The Balaban J connectivity index is 2.37. The van der Waals surface area contributed by atoms with Crippen molar-refractivity contribution in [2.45, 2.75) is 11.1 Å². The number of carbonyl (C=O) groups excluding carboxylic acids is 1. The van der Waals surface area contributed by atoms with Crippen molar-refractivity contribution in [3.8, 4) is 0 Å². The van der Waals surface area contributed by atoms with Crippen LogP contribution in [-0.4, -0.2) is 12.2 Å². The largest absolute Gasteiger partial charge is 0.418 e. The minimum atomic E-state index is -4.60. The Morgan fingerprint density at radius 1 is 1.18 bits per heavy atom. The monoisotopic (exact) mass is 345 g/mol. The van der Waals surface area contributed by atoms with Crippen LogP contribution in [0.15, 0.2) is 47.4 Å². The Bertz CT molecular complexity index is 703. The van der Waals surface area contributed by atoms with Gasteiger partial charge in [-0.3, -0.25) is 4.79 Å². The van der Waals surface area contributed by atoms with Crippen molar-refractivity contribution < 1.29 is 18.0 Å². The molecule has 2 aromatic rings. The van der Waals surface area contributed by atoms with Crippen LogP contribution in [0.25, 0.3) is 0 Å². The van der Waals surface area contributed by atoms with Gasteiger partial charge in [0.05, 0.1) is 16.8 Å². The van der Waals surface area contributed by atoms with Gasteiger partial charge in [-0.15, -0.1) is 11.8 Å². The van der Waals surface area contributed by atoms with Crippen LogP contribution in [0.5, 0.6) is 0 Å². The summed E-state index contributed by atoms with van der Waals surface area (Å²) in [4.78, 5) is 12.9. The molecule has 0 unspecified atom stereocenters. The molecule has 0 spiro atoms. The van der Waals surface area contributed by atoms with Crippen molar-refractivity contribution in [3.05, 3.63) is 58.6 Å². The number of nitrogens with one attached hydrogen (secondary N) is 1. The highest BCUT2D eigenvalue weighted by molar-refractivity contribution is 7.98. The van der Waals surface area contributed by atoms with E-state index >= 15 is 0 Å². The first-order valence-electron chi connectivity index (χ1n) is 6.14. The molecule has 0 aliphatic rings. The second-order valence-corrected chi connectivity index (χ2v) is 5.63. The van der Waals surface area contributed by atoms with E-state index in [0.29, 0.717) is 10.5 Å². The molecule has 0 aliphatic heterocycles. The maximum Gasteiger partial charge on any atom is 0.418 e. The van der Waals surface area contributed by atoms with Crippen LogP contribution in [-0.2, 0) is 6.18 Å². The lowest BCUT2D eigenvalue weighted by Gasteiger charge is -2.15. The number of benzene rings is 2. The molecule has 0 atom stereocenters. The smallest absolute Gasteiger partial charge is 0.321 e. The average Bonchev–Trinajstić information content (AvgIpc) is 2.48. The molecule has 2 aromatic carbocycles. The van der Waals surface area contributed by atoms with Crippen molar-refractivity contribution in [3.63, 3.8) is 0 Å². The highest BCUT2D eigenvalue weighted by Crippen LogP contribution is 2.36. The third kappa shape index (κ3) is 3.75. The van der Waals surface area contributed by atoms with E-state index in [9.17, 15) is 18.0 Å². The number of carbonyl (C=O) groups is 1. The lowest BCUT2D eigenvalue weighted by Crippen LogP contribution is -2.17. The molecule has 0 aromatic heterocycles. The van der Waals surface area contributed by atoms with Crippen LogP contribution in [0, 0.1) is 0 Å². The Hall–Kier alpha value is -1.66. The minimum absolute atomic E-state index is 0.0464. The third-order valence-electron chi connectivity index (χ3n) is 2.89. The first-order chi connectivity index (χ1) is 10.3. The summed E-state index contributed by atoms with van der Waals surface area (Å²) in [6.45, 7) is 0. The van der Waals surface area contributed by atoms with Gasteiger partial charge in [0, 0.05) is 9.92 Å². The highest BCUT2D eigenvalue weighted by Gasteiger charge is 2.34. The van der Waals surface area contributed by atoms with Crippen molar-refractivity contribution >= 4 is 35.0 Å². The predicted molar refractivity (Wildman–Crippen MR) is 82.6 cm³/mol. The summed E-state index contributed by atoms with van der Waals surface area (Å²) in [5, 5.41) is 2.26. The van der Waals surface area contributed by atoms with Crippen LogP contribution in [0.4, 0.5) is 18.9 Å². The fraction of sp³-hybridized carbons (Fsp3) is 0.133. The average molecular weight is 346 g/mol. The number of amides is 1. The second kappa shape index (κ2) is 6.62. The Morgan fingerprint density at radius 3 is 2.50 bits per heavy atom. The van der Waals surface area contributed by atoms with E-state index in [2.05, 4.69) is 5.32 Å². The first kappa shape index (κ1) is 16.7. The van der Waals surface area contributed by atoms with Gasteiger partial charge in [-0.05, 0) is 36.6 Å². The summed E-state index contributed by atoms with van der Waals surface area (Å²) in [6.07, 6.45) is -2.82. The summed E-state index contributed by atoms with van der Waals surface area (Å²) in [5.41, 5.74) is -0.981. The zero-order chi connectivity index (χ0) is 16.3. The van der Waals surface area contributed by atoms with Gasteiger partial charge in [0.1, 0.15) is 0 Å². The zero-order valence-corrected chi connectivity index (χ0v) is 12.9. The zero-order valence-electron chi connectivity index (χ0n) is 11.4. The fourth-order valence-electron chi connectivity index (χ4n) is 1.88. The van der Waals surface area contributed by atoms with Crippen molar-refractivity contribution in [1.29, 1.82) is 0 Å². The quantitative estimate of drug-likeness (QED) is 0.761. The molecule has 0 bridgehead atoms. The summed E-state index contributed by atoms with van der Waals surface area (Å²) in [5.74, 6) is -0.599. The molecule has 0 fully saturated rings. The van der Waals surface area contributed by atoms with Gasteiger partial charge >= 0.3 is 6.18 Å². The van der Waals surface area contributed by atoms with Crippen LogP contribution < -0.4 is 5.32 Å². The van der Waals surface area contributed by atoms with Gasteiger partial charge in [-0.1, -0.05) is 23.7 Å². The van der Waals surface area contributed by atoms with Crippen LogP contribution >= 0.6 is 23.4 Å². The molecule has 0 aliphatic carbocycles. The van der Waals surface area contributed by atoms with E-state index in [1.165, 1.54) is 17.8 Å². The van der Waals surface area contributed by atoms with Crippen molar-refractivity contribution in [2.24, 2.45) is 0 Å². The normalized spacial score (nSPS) is 11.3. The number of thioether (sulfide) groups is 1. The van der Waals surface area contributed by atoms with E-state index in [0.717, 1.165) is 12.1 Å². The van der Waals surface area contributed by atoms with Gasteiger partial charge in [-0.25, -0.2) is 0 Å². The SMILES string of the molecule is CSc1ccccc1C(=O)Nc1ccc(Cl)cc1C(F)(F)F. The lowest BCUT2D eigenvalue weighted by molar-refractivity contribution is -0.136. The van der Waals surface area contributed by atoms with Crippen LogP contribution in [0.3, 0.4) is 0 Å². The number of halogens is 4. The van der Waals surface area contributed by atoms with Gasteiger partial charge in [0.25, 0.3) is 5.91 Å². The molecular formula is C15H11ClF3NOS. The van der Waals surface area contributed by atoms with Gasteiger partial charge < -0.3 is 5.32 Å². The van der Waals surface area contributed by atoms with Gasteiger partial charge in [0.15, 0.2) is 0 Å². The summed E-state index contributed by atoms with van der Waals surface area (Å²) < 4.78 is 39.0. The molecule has 22 heavy (non-hydrogen) atoms. The predicted octanol–water partition coefficient (Wildman–Crippen LogP) is 5.33. The van der Waals surface area contributed by atoms with Crippen LogP contribution in [0.2, 0.25) is 5.02 Å². The molecule has 2 rings (SSSR count). The van der Waals surface area contributed by atoms with Gasteiger partial charge in [-0.2, -0.15) is 13.2 Å². The number of alkyl halides is 3. The standard InChI is InChI=1S/C15H11ClF3NOS/c1-22-13-5-3-2-4-10(13)14(21)20-12-7-6-9(16)8-11(12)15(17,18)19/h2-8H,1H3,(H,20,21). The van der Waals surface area contributed by atoms with E-state index in [4.69, 9.17) is 11.6 Å². The lowest BCUT2D eigenvalue weighted by atomic mass is 10.1. The molecule has 0 saturated carbocycles. The van der Waals surface area contributed by atoms with Gasteiger partial charge in [0.2, 0.25) is 0 Å². The minimum Gasteiger partial charge on any atom is -0.321 e. The molecule has 1 amide bonds. The Labute approximate surface area is 134 Å². The first-order valence-corrected chi connectivity index (χ1v) is 7.74. The topological polar surface area (TPSA) is 29.1 Å². The summed E-state index contributed by atoms with van der Waals surface area (Å²) >= 11 is 6.95. The number of rotatable bonds is 3. The molecule has 0 radical (unpaired) electrons. The number of hydrogen-bond donors (Lipinski definition) is 1. The Kier molecular flexibility index (Phi) is 5.03. The maximum atomic E-state index is 13.0. The fourth-order valence-corrected chi connectivity index (χ4v) is 2.65. The maximum absolute atomic E-state index is 13.0. The molecule has 0 saturated heterocycles. The number of hydrogen-bond acceptors (Lipinski definition) is 2. The molecular weight excluding hydrogens is 335 g/mol. The molecule has 116 valence electrons. The van der Waals surface area contributed by atoms with E-state index in [-0.39, 0.29) is 10.7 Å². The van der Waals surface area contributed by atoms with Crippen LogP contribution in [0.1, 0.15) is 15.9 Å². The third-order valence-corrected chi connectivity index (χ3v) is 3.92. The molecule has 7 heteroatoms. The Morgan fingerprint density at radius 2 is 1.86 bits per heavy atom. The summed E-state index contributed by atoms with van der Waals surface area (Å²) in [7, 11) is 0. The summed E-state index contributed by atoms with van der Waals surface area (Å²) in [6, 6.07) is 9.93. The van der Waals surface area contributed by atoms with E-state index in [1.807, 2.05) is 0 Å². The number of anilines is 1. The second-order valence-electron chi connectivity index (χ2n) is 4.34. The van der Waals surface area contributed by atoms with E-state index in [1.54, 1.807) is 30.5 Å². The molecule has 1 N–H and O–H groups in total.